The summed E-state index contributed by atoms with van der Waals surface area (Å²) < 4.78 is 0. The minimum atomic E-state index is -1.30. The van der Waals surface area contributed by atoms with Crippen LogP contribution in [-0.2, 0) is 9.59 Å². The second-order valence-corrected chi connectivity index (χ2v) is 5.94. The minimum absolute atomic E-state index is 0.314. The Bertz CT molecular complexity index is 475. The third-order valence-corrected chi connectivity index (χ3v) is 4.72. The number of allylic oxidation sites excluding steroid dienone is 5. The first-order valence-electron chi connectivity index (χ1n) is 5.54. The predicted octanol–water partition coefficient (Wildman–Crippen LogP) is 3.50. The minimum Gasteiger partial charge on any atom is -0.478 e. The zero-order chi connectivity index (χ0) is 14.8. The van der Waals surface area contributed by atoms with Crippen LogP contribution < -0.4 is 0 Å². The Hall–Kier alpha value is -0.770. The second-order valence-electron chi connectivity index (χ2n) is 4.25. The molecule has 0 radical (unpaired) electrons. The van der Waals surface area contributed by atoms with Crippen molar-refractivity contribution in [1.29, 1.82) is 0 Å². The average molecular weight is 324 g/mol. The summed E-state index contributed by atoms with van der Waals surface area (Å²) in [5.41, 5.74) is -0.330. The van der Waals surface area contributed by atoms with Gasteiger partial charge in [-0.2, -0.15) is 0 Å². The van der Waals surface area contributed by atoms with Crippen LogP contribution in [0.5, 0.6) is 0 Å². The Morgan fingerprint density at radius 2 is 2.11 bits per heavy atom. The summed E-state index contributed by atoms with van der Waals surface area (Å²) in [5, 5.41) is 8.78. The van der Waals surface area contributed by atoms with Crippen LogP contribution >= 0.6 is 34.8 Å². The number of carbonyl (C=O) groups excluding carboxylic acids is 1. The van der Waals surface area contributed by atoms with E-state index in [0.717, 1.165) is 0 Å². The van der Waals surface area contributed by atoms with Gasteiger partial charge in [-0.25, -0.2) is 4.79 Å². The zero-order valence-electron chi connectivity index (χ0n) is 10.4. The van der Waals surface area contributed by atoms with Crippen molar-refractivity contribution >= 4 is 46.6 Å². The number of halogens is 3. The van der Waals surface area contributed by atoms with Crippen LogP contribution in [0.15, 0.2) is 34.9 Å². The molecular weight excluding hydrogens is 310 g/mol. The van der Waals surface area contributed by atoms with E-state index in [4.69, 9.17) is 39.9 Å². The van der Waals surface area contributed by atoms with E-state index in [2.05, 4.69) is 0 Å². The summed E-state index contributed by atoms with van der Waals surface area (Å²) in [6, 6.07) is 0. The largest absolute Gasteiger partial charge is 0.478 e. The molecular formula is C13H13Cl3O3. The second kappa shape index (κ2) is 6.12. The van der Waals surface area contributed by atoms with Crippen molar-refractivity contribution in [3.8, 4) is 0 Å². The molecule has 0 bridgehead atoms. The van der Waals surface area contributed by atoms with Gasteiger partial charge in [0.2, 0.25) is 0 Å². The summed E-state index contributed by atoms with van der Waals surface area (Å²) in [5.74, 6) is -2.42. The van der Waals surface area contributed by atoms with E-state index in [9.17, 15) is 9.59 Å². The average Bonchev–Trinajstić information content (AvgIpc) is 2.29. The first-order valence-corrected chi connectivity index (χ1v) is 6.74. The van der Waals surface area contributed by atoms with E-state index in [1.54, 1.807) is 25.2 Å². The van der Waals surface area contributed by atoms with Crippen LogP contribution in [0.1, 0.15) is 13.8 Å². The van der Waals surface area contributed by atoms with Crippen LogP contribution in [0.3, 0.4) is 0 Å². The third-order valence-electron chi connectivity index (χ3n) is 2.95. The zero-order valence-corrected chi connectivity index (χ0v) is 12.6. The van der Waals surface area contributed by atoms with E-state index in [1.165, 1.54) is 13.0 Å². The van der Waals surface area contributed by atoms with Gasteiger partial charge in [-0.1, -0.05) is 29.8 Å². The Labute approximate surface area is 126 Å². The molecule has 0 amide bonds. The van der Waals surface area contributed by atoms with Gasteiger partial charge in [-0.3, -0.25) is 4.79 Å². The van der Waals surface area contributed by atoms with E-state index in [0.29, 0.717) is 5.03 Å². The number of carboxylic acids is 1. The fourth-order valence-electron chi connectivity index (χ4n) is 1.84. The molecule has 0 aromatic rings. The fraction of sp³-hybridized carbons (Fsp3) is 0.385. The van der Waals surface area contributed by atoms with E-state index >= 15 is 0 Å². The molecule has 0 saturated carbocycles. The van der Waals surface area contributed by atoms with Crippen molar-refractivity contribution in [2.75, 3.05) is 0 Å². The topological polar surface area (TPSA) is 54.4 Å². The van der Waals surface area contributed by atoms with E-state index in [-0.39, 0.29) is 5.57 Å². The number of hydrogen-bond donors (Lipinski definition) is 1. The maximum absolute atomic E-state index is 11.3. The molecule has 3 unspecified atom stereocenters. The molecule has 3 atom stereocenters. The Kier molecular flexibility index (Phi) is 5.25. The lowest BCUT2D eigenvalue weighted by Gasteiger charge is -2.36. The number of carbonyl (C=O) groups is 2. The molecule has 19 heavy (non-hydrogen) atoms. The summed E-state index contributed by atoms with van der Waals surface area (Å²) in [4.78, 5) is 21.2. The van der Waals surface area contributed by atoms with Gasteiger partial charge in [-0.15, -0.1) is 23.2 Å². The maximum atomic E-state index is 11.3. The smallest absolute Gasteiger partial charge is 0.339 e. The van der Waals surface area contributed by atoms with Crippen LogP contribution in [-0.4, -0.2) is 27.1 Å². The molecule has 0 aliphatic heterocycles. The number of hydrogen-bond acceptors (Lipinski definition) is 2. The first kappa shape index (κ1) is 16.3. The number of Topliss-reactive ketones (excluding diaryl/α,β-unsaturated/α-hetero) is 1. The monoisotopic (exact) mass is 322 g/mol. The van der Waals surface area contributed by atoms with Crippen LogP contribution in [0.2, 0.25) is 0 Å². The van der Waals surface area contributed by atoms with Gasteiger partial charge in [-0.05, 0) is 19.9 Å². The van der Waals surface area contributed by atoms with Gasteiger partial charge in [0.05, 0.1) is 11.0 Å². The number of ketones is 1. The highest BCUT2D eigenvalue weighted by molar-refractivity contribution is 6.43. The molecule has 1 rings (SSSR count). The lowest BCUT2D eigenvalue weighted by molar-refractivity contribution is -0.134. The maximum Gasteiger partial charge on any atom is 0.339 e. The number of aliphatic carboxylic acids is 1. The molecule has 104 valence electrons. The first-order chi connectivity index (χ1) is 8.71. The van der Waals surface area contributed by atoms with Gasteiger partial charge >= 0.3 is 5.97 Å². The Morgan fingerprint density at radius 3 is 2.53 bits per heavy atom. The van der Waals surface area contributed by atoms with E-state index < -0.39 is 27.9 Å². The van der Waals surface area contributed by atoms with Crippen LogP contribution in [0.4, 0.5) is 0 Å². The molecule has 6 heteroatoms. The van der Waals surface area contributed by atoms with Crippen molar-refractivity contribution < 1.29 is 14.7 Å². The summed E-state index contributed by atoms with van der Waals surface area (Å²) in [6.45, 7) is 2.85. The molecule has 0 fully saturated rings. The van der Waals surface area contributed by atoms with E-state index in [1.807, 2.05) is 0 Å². The SMILES string of the molecule is CC(=O)/C(=C\C1C=CC=C(Cl)C1(Cl)C(C)Cl)C(=O)O. The molecule has 0 spiro atoms. The van der Waals surface area contributed by atoms with Crippen molar-refractivity contribution in [3.05, 3.63) is 34.9 Å². The molecule has 0 saturated heterocycles. The molecule has 3 nitrogen and oxygen atoms in total. The quantitative estimate of drug-likeness (QED) is 0.373. The normalized spacial score (nSPS) is 28.8. The third kappa shape index (κ3) is 3.22. The number of carboxylic acid groups (broad SMARTS) is 1. The Morgan fingerprint density at radius 1 is 1.53 bits per heavy atom. The predicted molar refractivity (Wildman–Crippen MR) is 76.9 cm³/mol. The highest BCUT2D eigenvalue weighted by atomic mass is 35.5. The molecule has 1 aliphatic carbocycles. The molecule has 0 heterocycles. The van der Waals surface area contributed by atoms with Gasteiger partial charge in [0.25, 0.3) is 0 Å². The molecule has 0 aromatic carbocycles. The van der Waals surface area contributed by atoms with Crippen molar-refractivity contribution in [2.45, 2.75) is 24.1 Å². The van der Waals surface area contributed by atoms with Crippen molar-refractivity contribution in [3.63, 3.8) is 0 Å². The standard InChI is InChI=1S/C13H13Cl3O3/c1-7(17)10(12(18)19)6-9-4-3-5-11(15)13(9,16)8(2)14/h3-6,8-9H,1-2H3,(H,18,19)/b10-6+. The summed E-state index contributed by atoms with van der Waals surface area (Å²) >= 11 is 18.6. The van der Waals surface area contributed by atoms with Gasteiger partial charge in [0.15, 0.2) is 5.78 Å². The molecule has 0 aromatic heterocycles. The number of alkyl halides is 2. The van der Waals surface area contributed by atoms with Crippen molar-refractivity contribution in [2.24, 2.45) is 5.92 Å². The highest BCUT2D eigenvalue weighted by Gasteiger charge is 2.43. The van der Waals surface area contributed by atoms with Gasteiger partial charge < -0.3 is 5.11 Å². The highest BCUT2D eigenvalue weighted by Crippen LogP contribution is 2.45. The fourth-order valence-corrected chi connectivity index (χ4v) is 2.72. The van der Waals surface area contributed by atoms with Crippen LogP contribution in [0, 0.1) is 5.92 Å². The summed E-state index contributed by atoms with van der Waals surface area (Å²) in [6.07, 6.45) is 6.22. The van der Waals surface area contributed by atoms with Crippen LogP contribution in [0.25, 0.3) is 0 Å². The van der Waals surface area contributed by atoms with Gasteiger partial charge in [0, 0.05) is 11.0 Å². The number of rotatable bonds is 4. The molecule has 1 aliphatic rings. The van der Waals surface area contributed by atoms with Crippen molar-refractivity contribution in [1.82, 2.24) is 0 Å². The van der Waals surface area contributed by atoms with Gasteiger partial charge in [0.1, 0.15) is 4.87 Å². The lowest BCUT2D eigenvalue weighted by atomic mass is 9.83. The molecule has 1 N–H and O–H groups in total. The lowest BCUT2D eigenvalue weighted by Crippen LogP contribution is -2.40. The summed E-state index contributed by atoms with van der Waals surface area (Å²) in [7, 11) is 0. The Balaban J connectivity index is 3.29.